The second-order valence-electron chi connectivity index (χ2n) is 4.93. The van der Waals surface area contributed by atoms with Crippen molar-refractivity contribution in [2.24, 2.45) is 0 Å². The molecule has 1 aromatic rings. The van der Waals surface area contributed by atoms with Crippen LogP contribution >= 0.6 is 15.9 Å². The number of carbonyl (C=O) groups excluding carboxylic acids is 1. The molecule has 0 atom stereocenters. The second kappa shape index (κ2) is 5.87. The van der Waals surface area contributed by atoms with Gasteiger partial charge in [-0.25, -0.2) is 0 Å². The Hall–Kier alpha value is -1.54. The third kappa shape index (κ3) is 4.38. The molecular weight excluding hydrogens is 294 g/mol. The number of anilines is 1. The molecule has 1 rings (SSSR count). The number of halogens is 1. The van der Waals surface area contributed by atoms with Crippen molar-refractivity contribution in [3.8, 4) is 6.07 Å². The highest BCUT2D eigenvalue weighted by atomic mass is 79.9. The minimum atomic E-state index is -0.256. The molecule has 0 unspecified atom stereocenters. The van der Waals surface area contributed by atoms with Crippen molar-refractivity contribution in [2.45, 2.75) is 26.3 Å². The lowest BCUT2D eigenvalue weighted by atomic mass is 10.1. The van der Waals surface area contributed by atoms with Crippen molar-refractivity contribution >= 4 is 27.5 Å². The molecule has 18 heavy (non-hydrogen) atoms. The van der Waals surface area contributed by atoms with Crippen LogP contribution in [0.15, 0.2) is 22.7 Å². The molecule has 0 heterocycles. The quantitative estimate of drug-likeness (QED) is 0.902. The molecule has 0 saturated carbocycles. The van der Waals surface area contributed by atoms with E-state index in [1.807, 2.05) is 26.8 Å². The first kappa shape index (κ1) is 14.5. The number of benzene rings is 1. The van der Waals surface area contributed by atoms with E-state index >= 15 is 0 Å². The summed E-state index contributed by atoms with van der Waals surface area (Å²) >= 11 is 3.30. The minimum absolute atomic E-state index is 0.105. The van der Waals surface area contributed by atoms with Gasteiger partial charge in [0.25, 0.3) is 0 Å². The molecule has 0 aromatic heterocycles. The fourth-order valence-electron chi connectivity index (χ4n) is 1.42. The largest absolute Gasteiger partial charge is 0.375 e. The van der Waals surface area contributed by atoms with Gasteiger partial charge in [-0.3, -0.25) is 4.79 Å². The third-order valence-corrected chi connectivity index (χ3v) is 2.74. The number of nitrogens with zero attached hydrogens (tertiary/aromatic N) is 1. The molecule has 0 radical (unpaired) electrons. The van der Waals surface area contributed by atoms with Gasteiger partial charge in [0.2, 0.25) is 5.91 Å². The normalized spacial score (nSPS) is 10.6. The van der Waals surface area contributed by atoms with E-state index in [9.17, 15) is 4.79 Å². The summed E-state index contributed by atoms with van der Waals surface area (Å²) in [6.45, 7) is 5.91. The van der Waals surface area contributed by atoms with Crippen molar-refractivity contribution in [1.82, 2.24) is 5.32 Å². The Kier molecular flexibility index (Phi) is 4.74. The van der Waals surface area contributed by atoms with Crippen molar-refractivity contribution in [3.05, 3.63) is 28.2 Å². The molecule has 0 spiro atoms. The number of hydrogen-bond acceptors (Lipinski definition) is 3. The minimum Gasteiger partial charge on any atom is -0.375 e. The molecule has 0 aliphatic heterocycles. The van der Waals surface area contributed by atoms with Gasteiger partial charge in [0.15, 0.2) is 0 Å². The van der Waals surface area contributed by atoms with Gasteiger partial charge in [-0.15, -0.1) is 0 Å². The predicted molar refractivity (Wildman–Crippen MR) is 75.2 cm³/mol. The van der Waals surface area contributed by atoms with Crippen LogP contribution in [0, 0.1) is 11.3 Å². The standard InChI is InChI=1S/C13H16BrN3O/c1-13(2,3)17-12(18)8-16-11-6-4-5-10(14)9(11)7-15/h4-6,16H,8H2,1-3H3,(H,17,18). The maximum absolute atomic E-state index is 11.6. The lowest BCUT2D eigenvalue weighted by Crippen LogP contribution is -2.43. The maximum atomic E-state index is 11.6. The van der Waals surface area contributed by atoms with Gasteiger partial charge in [-0.05, 0) is 48.8 Å². The highest BCUT2D eigenvalue weighted by Gasteiger charge is 2.14. The van der Waals surface area contributed by atoms with E-state index in [1.54, 1.807) is 12.1 Å². The van der Waals surface area contributed by atoms with Crippen molar-refractivity contribution in [3.63, 3.8) is 0 Å². The molecule has 1 amide bonds. The monoisotopic (exact) mass is 309 g/mol. The molecular formula is C13H16BrN3O. The van der Waals surface area contributed by atoms with Crippen LogP contribution < -0.4 is 10.6 Å². The number of carbonyl (C=O) groups is 1. The summed E-state index contributed by atoms with van der Waals surface area (Å²) in [5, 5.41) is 14.8. The highest BCUT2D eigenvalue weighted by molar-refractivity contribution is 9.10. The Bertz CT molecular complexity index is 486. The summed E-state index contributed by atoms with van der Waals surface area (Å²) in [7, 11) is 0. The molecule has 1 aromatic carbocycles. The van der Waals surface area contributed by atoms with E-state index in [-0.39, 0.29) is 18.0 Å². The van der Waals surface area contributed by atoms with Crippen molar-refractivity contribution < 1.29 is 4.79 Å². The summed E-state index contributed by atoms with van der Waals surface area (Å²) in [4.78, 5) is 11.6. The fourth-order valence-corrected chi connectivity index (χ4v) is 1.88. The second-order valence-corrected chi connectivity index (χ2v) is 5.78. The summed E-state index contributed by atoms with van der Waals surface area (Å²) < 4.78 is 0.714. The Morgan fingerprint density at radius 2 is 2.11 bits per heavy atom. The van der Waals surface area contributed by atoms with Crippen molar-refractivity contribution in [1.29, 1.82) is 5.26 Å². The lowest BCUT2D eigenvalue weighted by Gasteiger charge is -2.20. The molecule has 4 nitrogen and oxygen atoms in total. The first-order valence-corrected chi connectivity index (χ1v) is 6.36. The van der Waals surface area contributed by atoms with Crippen LogP contribution in [-0.2, 0) is 4.79 Å². The summed E-state index contributed by atoms with van der Waals surface area (Å²) in [5.74, 6) is -0.105. The van der Waals surface area contributed by atoms with Crippen LogP contribution in [0.3, 0.4) is 0 Å². The zero-order valence-electron chi connectivity index (χ0n) is 10.7. The molecule has 5 heteroatoms. The van der Waals surface area contributed by atoms with E-state index in [1.165, 1.54) is 0 Å². The molecule has 0 fully saturated rings. The molecule has 0 aliphatic carbocycles. The van der Waals surface area contributed by atoms with Crippen molar-refractivity contribution in [2.75, 3.05) is 11.9 Å². The van der Waals surface area contributed by atoms with E-state index in [0.29, 0.717) is 15.7 Å². The molecule has 2 N–H and O–H groups in total. The predicted octanol–water partition coefficient (Wildman–Crippen LogP) is 2.65. The first-order valence-electron chi connectivity index (χ1n) is 5.57. The van der Waals surface area contributed by atoms with E-state index < -0.39 is 0 Å². The number of nitriles is 1. The summed E-state index contributed by atoms with van der Waals surface area (Å²) in [6, 6.07) is 7.47. The number of hydrogen-bond donors (Lipinski definition) is 2. The fraction of sp³-hybridized carbons (Fsp3) is 0.385. The molecule has 0 saturated heterocycles. The van der Waals surface area contributed by atoms with E-state index in [4.69, 9.17) is 5.26 Å². The highest BCUT2D eigenvalue weighted by Crippen LogP contribution is 2.23. The van der Waals surface area contributed by atoms with Gasteiger partial charge in [-0.1, -0.05) is 6.07 Å². The Balaban J connectivity index is 2.68. The van der Waals surface area contributed by atoms with Crippen LogP contribution in [0.5, 0.6) is 0 Å². The average Bonchev–Trinajstić information content (AvgIpc) is 2.24. The van der Waals surface area contributed by atoms with Crippen LogP contribution in [0.2, 0.25) is 0 Å². The van der Waals surface area contributed by atoms with Gasteiger partial charge < -0.3 is 10.6 Å². The van der Waals surface area contributed by atoms with Gasteiger partial charge >= 0.3 is 0 Å². The van der Waals surface area contributed by atoms with Crippen LogP contribution in [0.25, 0.3) is 0 Å². The lowest BCUT2D eigenvalue weighted by molar-refractivity contribution is -0.120. The summed E-state index contributed by atoms with van der Waals surface area (Å²) in [6.07, 6.45) is 0. The SMILES string of the molecule is CC(C)(C)NC(=O)CNc1cccc(Br)c1C#N. The Morgan fingerprint density at radius 3 is 2.67 bits per heavy atom. The number of nitrogens with one attached hydrogen (secondary N) is 2. The smallest absolute Gasteiger partial charge is 0.239 e. The van der Waals surface area contributed by atoms with Crippen LogP contribution in [0.1, 0.15) is 26.3 Å². The van der Waals surface area contributed by atoms with Gasteiger partial charge in [0.1, 0.15) is 6.07 Å². The molecule has 96 valence electrons. The summed E-state index contributed by atoms with van der Waals surface area (Å²) in [5.41, 5.74) is 0.894. The maximum Gasteiger partial charge on any atom is 0.239 e. The van der Waals surface area contributed by atoms with Gasteiger partial charge in [-0.2, -0.15) is 5.26 Å². The van der Waals surface area contributed by atoms with Crippen LogP contribution in [-0.4, -0.2) is 18.0 Å². The van der Waals surface area contributed by atoms with Gasteiger partial charge in [0, 0.05) is 10.0 Å². The zero-order valence-corrected chi connectivity index (χ0v) is 12.3. The van der Waals surface area contributed by atoms with E-state index in [2.05, 4.69) is 32.6 Å². The zero-order chi connectivity index (χ0) is 13.8. The Labute approximate surface area is 116 Å². The number of rotatable bonds is 3. The van der Waals surface area contributed by atoms with Gasteiger partial charge in [0.05, 0.1) is 17.8 Å². The first-order chi connectivity index (χ1) is 8.33. The average molecular weight is 310 g/mol. The number of amides is 1. The Morgan fingerprint density at radius 1 is 1.44 bits per heavy atom. The van der Waals surface area contributed by atoms with E-state index in [0.717, 1.165) is 0 Å². The molecule has 0 aliphatic rings. The van der Waals surface area contributed by atoms with Crippen LogP contribution in [0.4, 0.5) is 5.69 Å². The molecule has 0 bridgehead atoms. The third-order valence-electron chi connectivity index (χ3n) is 2.08. The topological polar surface area (TPSA) is 64.9 Å².